The van der Waals surface area contributed by atoms with Crippen LogP contribution in [-0.4, -0.2) is 39.1 Å². The molecule has 0 amide bonds. The molecule has 0 saturated carbocycles. The van der Waals surface area contributed by atoms with E-state index in [1.807, 2.05) is 55.8 Å². The average Bonchev–Trinajstić information content (AvgIpc) is 3.35. The van der Waals surface area contributed by atoms with Gasteiger partial charge in [-0.25, -0.2) is 4.98 Å². The fraction of sp³-hybridized carbons (Fsp3) is 0.250. The molecule has 1 aliphatic heterocycles. The number of aliphatic hydroxyl groups is 1. The first kappa shape index (κ1) is 23.5. The molecule has 4 aromatic rings. The molecule has 0 aliphatic carbocycles. The molecule has 0 spiro atoms. The fourth-order valence-electron chi connectivity index (χ4n) is 4.42. The second-order valence-corrected chi connectivity index (χ2v) is 9.25. The van der Waals surface area contributed by atoms with E-state index in [0.717, 1.165) is 27.9 Å². The molecular weight excluding hydrogens is 452 g/mol. The fourth-order valence-corrected chi connectivity index (χ4v) is 4.42. The van der Waals surface area contributed by atoms with Crippen LogP contribution in [0.25, 0.3) is 11.1 Å². The molecule has 3 N–H and O–H groups in total. The summed E-state index contributed by atoms with van der Waals surface area (Å²) in [6.07, 6.45) is 5.30. The number of hydrogen-bond acceptors (Lipinski definition) is 7. The van der Waals surface area contributed by atoms with Gasteiger partial charge in [0.2, 0.25) is 5.88 Å². The van der Waals surface area contributed by atoms with Gasteiger partial charge in [0.15, 0.2) is 0 Å². The number of aryl methyl sites for hydroxylation is 1. The molecular formula is C28H28N6O2. The smallest absolute Gasteiger partial charge is 0.237 e. The maximum absolute atomic E-state index is 11.2. The minimum absolute atomic E-state index is 0.198. The SMILES string of the molecule is Cn1cc(-c2cnc3c(c2)NC[C@@H]([C@H](NC[C@](C)(O)c2ccc(C#N)cc2)c2ccccc2)O3)cn1. The van der Waals surface area contributed by atoms with Crippen LogP contribution in [0.3, 0.4) is 0 Å². The van der Waals surface area contributed by atoms with Crippen molar-refractivity contribution >= 4 is 5.69 Å². The predicted molar refractivity (Wildman–Crippen MR) is 137 cm³/mol. The molecule has 2 aromatic carbocycles. The number of ether oxygens (including phenoxy) is 1. The van der Waals surface area contributed by atoms with Gasteiger partial charge >= 0.3 is 0 Å². The van der Waals surface area contributed by atoms with Gasteiger partial charge in [0.1, 0.15) is 6.10 Å². The summed E-state index contributed by atoms with van der Waals surface area (Å²) in [5, 5.41) is 31.5. The Hall–Kier alpha value is -4.19. The molecule has 3 atom stereocenters. The summed E-state index contributed by atoms with van der Waals surface area (Å²) in [6.45, 7) is 2.62. The number of aromatic nitrogens is 3. The van der Waals surface area contributed by atoms with Crippen LogP contribution in [0.5, 0.6) is 5.88 Å². The first-order valence-corrected chi connectivity index (χ1v) is 11.8. The van der Waals surface area contributed by atoms with Gasteiger partial charge in [0.05, 0.1) is 41.7 Å². The van der Waals surface area contributed by atoms with Gasteiger partial charge in [-0.1, -0.05) is 42.5 Å². The lowest BCUT2D eigenvalue weighted by molar-refractivity contribution is 0.0455. The van der Waals surface area contributed by atoms with Gasteiger partial charge in [0, 0.05) is 37.1 Å². The Balaban J connectivity index is 1.35. The zero-order chi connectivity index (χ0) is 25.1. The largest absolute Gasteiger partial charge is 0.469 e. The van der Waals surface area contributed by atoms with Crippen molar-refractivity contribution in [2.24, 2.45) is 7.05 Å². The number of fused-ring (bicyclic) bond motifs is 1. The lowest BCUT2D eigenvalue weighted by Gasteiger charge is -2.35. The maximum atomic E-state index is 11.2. The normalized spacial score (nSPS) is 17.1. The van der Waals surface area contributed by atoms with Crippen molar-refractivity contribution in [2.75, 3.05) is 18.4 Å². The van der Waals surface area contributed by atoms with Crippen molar-refractivity contribution in [3.05, 3.63) is 95.9 Å². The van der Waals surface area contributed by atoms with Gasteiger partial charge in [-0.2, -0.15) is 10.4 Å². The highest BCUT2D eigenvalue weighted by molar-refractivity contribution is 5.69. The zero-order valence-electron chi connectivity index (χ0n) is 20.2. The number of nitrogens with zero attached hydrogens (tertiary/aromatic N) is 4. The standard InChI is InChI=1S/C28H28N6O2/c1-28(35,23-10-8-19(13-29)9-11-23)18-32-26(20-6-4-3-5-7-20)25-16-30-24-12-21(14-31-27(24)36-25)22-15-33-34(2)17-22/h3-12,14-15,17,25-26,30,32,35H,16,18H2,1-2H3/t25-,26+,28-/m0/s1. The van der Waals surface area contributed by atoms with Crippen LogP contribution in [0, 0.1) is 11.3 Å². The van der Waals surface area contributed by atoms with Gasteiger partial charge in [0.25, 0.3) is 0 Å². The average molecular weight is 481 g/mol. The Morgan fingerprint density at radius 2 is 1.97 bits per heavy atom. The third-order valence-corrected chi connectivity index (χ3v) is 6.48. The van der Waals surface area contributed by atoms with Crippen LogP contribution < -0.4 is 15.4 Å². The van der Waals surface area contributed by atoms with Crippen LogP contribution in [-0.2, 0) is 12.6 Å². The molecule has 5 rings (SSSR count). The number of nitriles is 1. The van der Waals surface area contributed by atoms with Crippen molar-refractivity contribution in [3.8, 4) is 23.1 Å². The van der Waals surface area contributed by atoms with Gasteiger partial charge in [-0.15, -0.1) is 0 Å². The van der Waals surface area contributed by atoms with E-state index < -0.39 is 5.60 Å². The van der Waals surface area contributed by atoms with Crippen LogP contribution in [0.15, 0.2) is 79.3 Å². The first-order chi connectivity index (χ1) is 17.4. The topological polar surface area (TPSA) is 108 Å². The molecule has 0 fully saturated rings. The van der Waals surface area contributed by atoms with Crippen LogP contribution in [0.4, 0.5) is 5.69 Å². The quantitative estimate of drug-likeness (QED) is 0.370. The summed E-state index contributed by atoms with van der Waals surface area (Å²) >= 11 is 0. The van der Waals surface area contributed by atoms with Crippen molar-refractivity contribution in [1.82, 2.24) is 20.1 Å². The molecule has 36 heavy (non-hydrogen) atoms. The molecule has 3 heterocycles. The van der Waals surface area contributed by atoms with Crippen LogP contribution >= 0.6 is 0 Å². The molecule has 0 saturated heterocycles. The van der Waals surface area contributed by atoms with Crippen molar-refractivity contribution in [2.45, 2.75) is 24.7 Å². The number of rotatable bonds is 7. The number of benzene rings is 2. The van der Waals surface area contributed by atoms with E-state index in [1.165, 1.54) is 0 Å². The molecule has 0 unspecified atom stereocenters. The van der Waals surface area contributed by atoms with E-state index in [9.17, 15) is 5.11 Å². The van der Waals surface area contributed by atoms with E-state index in [1.54, 1.807) is 42.1 Å². The van der Waals surface area contributed by atoms with E-state index in [-0.39, 0.29) is 12.1 Å². The van der Waals surface area contributed by atoms with Gasteiger partial charge in [-0.3, -0.25) is 4.68 Å². The van der Waals surface area contributed by atoms with E-state index in [2.05, 4.69) is 26.8 Å². The third kappa shape index (κ3) is 4.93. The minimum atomic E-state index is -1.14. The second kappa shape index (κ2) is 9.82. The molecule has 8 nitrogen and oxygen atoms in total. The van der Waals surface area contributed by atoms with Gasteiger partial charge < -0.3 is 20.5 Å². The van der Waals surface area contributed by atoms with Crippen molar-refractivity contribution in [3.63, 3.8) is 0 Å². The monoisotopic (exact) mass is 480 g/mol. The van der Waals surface area contributed by atoms with Crippen LogP contribution in [0.1, 0.15) is 29.7 Å². The summed E-state index contributed by atoms with van der Waals surface area (Å²) in [5.41, 5.74) is 4.00. The van der Waals surface area contributed by atoms with E-state index in [0.29, 0.717) is 24.5 Å². The number of anilines is 1. The highest BCUT2D eigenvalue weighted by atomic mass is 16.5. The summed E-state index contributed by atoms with van der Waals surface area (Å²) in [5.74, 6) is 0.542. The Kier molecular flexibility index (Phi) is 6.42. The van der Waals surface area contributed by atoms with E-state index in [4.69, 9.17) is 10.00 Å². The Bertz CT molecular complexity index is 1380. The number of nitrogens with one attached hydrogen (secondary N) is 2. The zero-order valence-corrected chi connectivity index (χ0v) is 20.2. The second-order valence-electron chi connectivity index (χ2n) is 9.25. The molecule has 182 valence electrons. The Labute approximate surface area is 210 Å². The maximum Gasteiger partial charge on any atom is 0.237 e. The third-order valence-electron chi connectivity index (χ3n) is 6.48. The summed E-state index contributed by atoms with van der Waals surface area (Å²) in [4.78, 5) is 4.58. The highest BCUT2D eigenvalue weighted by Crippen LogP contribution is 2.34. The number of hydrogen-bond donors (Lipinski definition) is 3. The number of pyridine rings is 1. The lowest BCUT2D eigenvalue weighted by atomic mass is 9.93. The summed E-state index contributed by atoms with van der Waals surface area (Å²) in [7, 11) is 1.89. The van der Waals surface area contributed by atoms with Crippen LogP contribution in [0.2, 0.25) is 0 Å². The Morgan fingerprint density at radius 1 is 1.19 bits per heavy atom. The van der Waals surface area contributed by atoms with Crippen molar-refractivity contribution in [1.29, 1.82) is 5.26 Å². The predicted octanol–water partition coefficient (Wildman–Crippen LogP) is 3.77. The molecule has 2 aromatic heterocycles. The summed E-state index contributed by atoms with van der Waals surface area (Å²) < 4.78 is 8.13. The molecule has 8 heteroatoms. The molecule has 0 bridgehead atoms. The minimum Gasteiger partial charge on any atom is -0.469 e. The Morgan fingerprint density at radius 3 is 2.67 bits per heavy atom. The first-order valence-electron chi connectivity index (χ1n) is 11.8. The molecule has 0 radical (unpaired) electrons. The van der Waals surface area contributed by atoms with Gasteiger partial charge in [-0.05, 0) is 36.2 Å². The summed E-state index contributed by atoms with van der Waals surface area (Å²) in [6, 6.07) is 21.0. The highest BCUT2D eigenvalue weighted by Gasteiger charge is 2.32. The molecule has 1 aliphatic rings. The lowest BCUT2D eigenvalue weighted by Crippen LogP contribution is -2.46. The van der Waals surface area contributed by atoms with Crippen molar-refractivity contribution < 1.29 is 9.84 Å². The van der Waals surface area contributed by atoms with E-state index >= 15 is 0 Å².